The molecule has 9 nitrogen and oxygen atoms in total. The topological polar surface area (TPSA) is 93.5 Å². The number of rotatable bonds is 6. The van der Waals surface area contributed by atoms with E-state index < -0.39 is 0 Å². The number of hydrogen-bond acceptors (Lipinski definition) is 6. The van der Waals surface area contributed by atoms with E-state index in [1.807, 2.05) is 31.7 Å². The zero-order chi connectivity index (χ0) is 25.4. The van der Waals surface area contributed by atoms with Crippen molar-refractivity contribution in [1.29, 1.82) is 0 Å². The molecule has 0 aliphatic carbocycles. The van der Waals surface area contributed by atoms with Crippen molar-refractivity contribution in [1.82, 2.24) is 29.8 Å². The highest BCUT2D eigenvalue weighted by Gasteiger charge is 2.38. The quantitative estimate of drug-likeness (QED) is 0.525. The van der Waals surface area contributed by atoms with Crippen LogP contribution in [-0.4, -0.2) is 60.7 Å². The van der Waals surface area contributed by atoms with Crippen molar-refractivity contribution >= 4 is 11.8 Å². The molecule has 0 bridgehead atoms. The molecule has 1 atom stereocenters. The molecular formula is C26H29FN6O3. The molecule has 0 saturated carbocycles. The molecule has 2 aliphatic heterocycles. The molecule has 1 unspecified atom stereocenters. The van der Waals surface area contributed by atoms with Crippen LogP contribution in [0.4, 0.5) is 4.39 Å². The zero-order valence-electron chi connectivity index (χ0n) is 20.6. The summed E-state index contributed by atoms with van der Waals surface area (Å²) in [6.07, 6.45) is 0.912. The van der Waals surface area contributed by atoms with Crippen molar-refractivity contribution in [3.05, 3.63) is 64.9 Å². The Labute approximate surface area is 208 Å². The van der Waals surface area contributed by atoms with Gasteiger partial charge in [0.1, 0.15) is 18.1 Å². The Morgan fingerprint density at radius 1 is 1.19 bits per heavy atom. The number of benzene rings is 1. The standard InChI is InChI=1S/C26H29FN6O3/c1-16(2)32-14-19(12-25(32)34)26(35)31-11-10-22-18(13-31)4-9-24(28-22)36-15-23-17(3)29-30-33(23)21-7-5-20(27)6-8-21/h4-9,16,19H,10-15H2,1-3H3. The normalized spacial score (nSPS) is 17.6. The van der Waals surface area contributed by atoms with Crippen LogP contribution in [0.5, 0.6) is 5.88 Å². The lowest BCUT2D eigenvalue weighted by Gasteiger charge is -2.30. The number of amides is 2. The molecular weight excluding hydrogens is 463 g/mol. The van der Waals surface area contributed by atoms with Gasteiger partial charge in [0.25, 0.3) is 0 Å². The first-order valence-corrected chi connectivity index (χ1v) is 12.2. The van der Waals surface area contributed by atoms with Gasteiger partial charge in [0, 0.05) is 44.6 Å². The van der Waals surface area contributed by atoms with Gasteiger partial charge in [-0.2, -0.15) is 0 Å². The molecule has 2 amide bonds. The maximum Gasteiger partial charge on any atom is 0.228 e. The molecule has 1 aromatic carbocycles. The molecule has 4 heterocycles. The van der Waals surface area contributed by atoms with Crippen molar-refractivity contribution < 1.29 is 18.7 Å². The number of carbonyl (C=O) groups excluding carboxylic acids is 2. The van der Waals surface area contributed by atoms with Crippen molar-refractivity contribution in [3.8, 4) is 11.6 Å². The Morgan fingerprint density at radius 2 is 1.97 bits per heavy atom. The molecule has 10 heteroatoms. The van der Waals surface area contributed by atoms with E-state index in [1.54, 1.807) is 27.8 Å². The van der Waals surface area contributed by atoms with E-state index in [9.17, 15) is 14.0 Å². The fourth-order valence-corrected chi connectivity index (χ4v) is 4.79. The molecule has 5 rings (SSSR count). The molecule has 3 aromatic rings. The first-order valence-electron chi connectivity index (χ1n) is 12.2. The largest absolute Gasteiger partial charge is 0.471 e. The SMILES string of the molecule is Cc1nnn(-c2ccc(F)cc2)c1COc1ccc2c(n1)CCN(C(=O)C1CC(=O)N(C(C)C)C1)C2. The zero-order valence-corrected chi connectivity index (χ0v) is 20.6. The van der Waals surface area contributed by atoms with Gasteiger partial charge in [-0.1, -0.05) is 11.3 Å². The summed E-state index contributed by atoms with van der Waals surface area (Å²) in [6.45, 7) is 7.53. The Balaban J connectivity index is 1.24. The van der Waals surface area contributed by atoms with Crippen LogP contribution in [0, 0.1) is 18.7 Å². The summed E-state index contributed by atoms with van der Waals surface area (Å²) < 4.78 is 20.9. The summed E-state index contributed by atoms with van der Waals surface area (Å²) in [5, 5.41) is 8.29. The minimum atomic E-state index is -0.318. The van der Waals surface area contributed by atoms with Crippen LogP contribution >= 0.6 is 0 Å². The molecule has 1 saturated heterocycles. The summed E-state index contributed by atoms with van der Waals surface area (Å²) in [5.74, 6) is -0.0281. The molecule has 0 radical (unpaired) electrons. The van der Waals surface area contributed by atoms with Gasteiger partial charge in [-0.05, 0) is 50.6 Å². The van der Waals surface area contributed by atoms with Crippen molar-refractivity contribution in [2.75, 3.05) is 13.1 Å². The second-order valence-corrected chi connectivity index (χ2v) is 9.60. The lowest BCUT2D eigenvalue weighted by molar-refractivity contribution is -0.136. The fourth-order valence-electron chi connectivity index (χ4n) is 4.79. The van der Waals surface area contributed by atoms with Gasteiger partial charge in [-0.3, -0.25) is 9.59 Å². The van der Waals surface area contributed by atoms with E-state index in [1.165, 1.54) is 12.1 Å². The molecule has 2 aromatic heterocycles. The van der Waals surface area contributed by atoms with Crippen molar-refractivity contribution in [2.24, 2.45) is 5.92 Å². The molecule has 2 aliphatic rings. The van der Waals surface area contributed by atoms with Crippen LogP contribution in [0.2, 0.25) is 0 Å². The Morgan fingerprint density at radius 3 is 2.69 bits per heavy atom. The van der Waals surface area contributed by atoms with Gasteiger partial charge in [-0.25, -0.2) is 14.1 Å². The third-order valence-electron chi connectivity index (χ3n) is 6.85. The van der Waals surface area contributed by atoms with E-state index in [0.29, 0.717) is 43.3 Å². The number of nitrogens with zero attached hydrogens (tertiary/aromatic N) is 6. The van der Waals surface area contributed by atoms with E-state index in [4.69, 9.17) is 4.74 Å². The number of likely N-dealkylation sites (tertiary alicyclic amines) is 1. The lowest BCUT2D eigenvalue weighted by atomic mass is 10.0. The second kappa shape index (κ2) is 9.67. The minimum absolute atomic E-state index is 0.0366. The van der Waals surface area contributed by atoms with Crippen LogP contribution in [0.15, 0.2) is 36.4 Å². The third-order valence-corrected chi connectivity index (χ3v) is 6.85. The maximum absolute atomic E-state index is 13.3. The molecule has 188 valence electrons. The predicted octanol–water partition coefficient (Wildman–Crippen LogP) is 2.83. The molecule has 0 spiro atoms. The smallest absolute Gasteiger partial charge is 0.228 e. The summed E-state index contributed by atoms with van der Waals surface area (Å²) in [4.78, 5) is 33.6. The number of hydrogen-bond donors (Lipinski definition) is 0. The summed E-state index contributed by atoms with van der Waals surface area (Å²) in [5.41, 5.74) is 4.05. The number of aromatic nitrogens is 4. The number of aryl methyl sites for hydroxylation is 1. The van der Waals surface area contributed by atoms with E-state index >= 15 is 0 Å². The Hall–Kier alpha value is -3.82. The second-order valence-electron chi connectivity index (χ2n) is 9.60. The van der Waals surface area contributed by atoms with Gasteiger partial charge in [0.05, 0.1) is 23.0 Å². The highest BCUT2D eigenvalue weighted by atomic mass is 19.1. The summed E-state index contributed by atoms with van der Waals surface area (Å²) in [7, 11) is 0. The van der Waals surface area contributed by atoms with E-state index in [-0.39, 0.29) is 42.6 Å². The van der Waals surface area contributed by atoms with E-state index in [0.717, 1.165) is 17.0 Å². The first kappa shape index (κ1) is 23.9. The highest BCUT2D eigenvalue weighted by molar-refractivity contribution is 5.89. The lowest BCUT2D eigenvalue weighted by Crippen LogP contribution is -2.41. The highest BCUT2D eigenvalue weighted by Crippen LogP contribution is 2.26. The van der Waals surface area contributed by atoms with Crippen LogP contribution in [0.3, 0.4) is 0 Å². The minimum Gasteiger partial charge on any atom is -0.471 e. The van der Waals surface area contributed by atoms with Gasteiger partial charge in [0.2, 0.25) is 17.7 Å². The molecule has 36 heavy (non-hydrogen) atoms. The number of ether oxygens (including phenoxy) is 1. The van der Waals surface area contributed by atoms with Crippen LogP contribution < -0.4 is 4.74 Å². The monoisotopic (exact) mass is 492 g/mol. The Bertz CT molecular complexity index is 1290. The Kier molecular flexibility index (Phi) is 6.42. The van der Waals surface area contributed by atoms with Gasteiger partial charge < -0.3 is 14.5 Å². The number of fused-ring (bicyclic) bond motifs is 1. The van der Waals surface area contributed by atoms with Crippen LogP contribution in [-0.2, 0) is 29.2 Å². The van der Waals surface area contributed by atoms with Gasteiger partial charge in [0.15, 0.2) is 0 Å². The number of carbonyl (C=O) groups is 2. The number of pyridine rings is 1. The average Bonchev–Trinajstić information content (AvgIpc) is 3.44. The fraction of sp³-hybridized carbons (Fsp3) is 0.423. The average molecular weight is 493 g/mol. The molecule has 0 N–H and O–H groups in total. The van der Waals surface area contributed by atoms with Crippen molar-refractivity contribution in [2.45, 2.75) is 52.8 Å². The summed E-state index contributed by atoms with van der Waals surface area (Å²) >= 11 is 0. The molecule has 1 fully saturated rings. The number of halogens is 1. The van der Waals surface area contributed by atoms with Crippen LogP contribution in [0.25, 0.3) is 5.69 Å². The third kappa shape index (κ3) is 4.67. The first-order chi connectivity index (χ1) is 17.3. The van der Waals surface area contributed by atoms with Gasteiger partial charge >= 0.3 is 0 Å². The summed E-state index contributed by atoms with van der Waals surface area (Å²) in [6, 6.07) is 9.88. The van der Waals surface area contributed by atoms with Crippen LogP contribution in [0.1, 0.15) is 42.9 Å². The predicted molar refractivity (Wildman–Crippen MR) is 129 cm³/mol. The van der Waals surface area contributed by atoms with Gasteiger partial charge in [-0.15, -0.1) is 5.10 Å². The maximum atomic E-state index is 13.3. The van der Waals surface area contributed by atoms with Crippen molar-refractivity contribution in [3.63, 3.8) is 0 Å². The van der Waals surface area contributed by atoms with E-state index in [2.05, 4.69) is 15.3 Å².